The summed E-state index contributed by atoms with van der Waals surface area (Å²) in [6.45, 7) is 6.58. The van der Waals surface area contributed by atoms with E-state index in [4.69, 9.17) is 5.73 Å². The maximum absolute atomic E-state index is 5.74. The molecule has 76 valence electrons. The molecular formula is C12H17NS. The van der Waals surface area contributed by atoms with Crippen molar-refractivity contribution in [2.45, 2.75) is 26.2 Å². The van der Waals surface area contributed by atoms with E-state index in [0.29, 0.717) is 5.70 Å². The predicted molar refractivity (Wildman–Crippen MR) is 66.3 cm³/mol. The zero-order chi connectivity index (χ0) is 10.8. The molecule has 0 aliphatic heterocycles. The molecular weight excluding hydrogens is 190 g/mol. The van der Waals surface area contributed by atoms with Gasteiger partial charge in [-0.3, -0.25) is 0 Å². The van der Waals surface area contributed by atoms with Crippen LogP contribution in [0, 0.1) is 0 Å². The molecule has 0 heterocycles. The van der Waals surface area contributed by atoms with Gasteiger partial charge in [-0.25, -0.2) is 0 Å². The summed E-state index contributed by atoms with van der Waals surface area (Å²) in [7, 11) is 0. The number of hydrogen-bond acceptors (Lipinski definition) is 2. The summed E-state index contributed by atoms with van der Waals surface area (Å²) in [6.07, 6.45) is 0. The molecule has 2 N–H and O–H groups in total. The fraction of sp³-hybridized carbons (Fsp3) is 0.333. The zero-order valence-corrected chi connectivity index (χ0v) is 9.81. The molecule has 0 spiro atoms. The Morgan fingerprint density at radius 1 is 1.21 bits per heavy atom. The summed E-state index contributed by atoms with van der Waals surface area (Å²) >= 11 is 4.02. The van der Waals surface area contributed by atoms with Crippen molar-refractivity contribution in [2.24, 2.45) is 5.73 Å². The second-order valence-corrected chi connectivity index (χ2v) is 4.67. The maximum atomic E-state index is 5.74. The Morgan fingerprint density at radius 3 is 2.07 bits per heavy atom. The van der Waals surface area contributed by atoms with Gasteiger partial charge >= 0.3 is 0 Å². The van der Waals surface area contributed by atoms with Crippen molar-refractivity contribution in [3.63, 3.8) is 0 Å². The SMILES string of the molecule is CC(C)(C)c1ccc(/C(N)=C/S)cc1. The van der Waals surface area contributed by atoms with Gasteiger partial charge in [-0.2, -0.15) is 0 Å². The Labute approximate surface area is 91.4 Å². The van der Waals surface area contributed by atoms with Crippen molar-refractivity contribution in [3.05, 3.63) is 40.8 Å². The van der Waals surface area contributed by atoms with Gasteiger partial charge in [0, 0.05) is 5.70 Å². The molecule has 1 aromatic carbocycles. The van der Waals surface area contributed by atoms with Gasteiger partial charge in [-0.1, -0.05) is 45.0 Å². The molecule has 0 atom stereocenters. The van der Waals surface area contributed by atoms with E-state index in [9.17, 15) is 0 Å². The van der Waals surface area contributed by atoms with Gasteiger partial charge in [0.15, 0.2) is 0 Å². The predicted octanol–water partition coefficient (Wildman–Crippen LogP) is 3.17. The standard InChI is InChI=1S/C12H17NS/c1-12(2,3)10-6-4-9(5-7-10)11(13)8-14/h4-8,14H,13H2,1-3H3/b11-8-. The third kappa shape index (κ3) is 2.55. The van der Waals surface area contributed by atoms with Crippen LogP contribution in [0.1, 0.15) is 31.9 Å². The van der Waals surface area contributed by atoms with Crippen LogP contribution in [-0.2, 0) is 5.41 Å². The van der Waals surface area contributed by atoms with Crippen LogP contribution in [0.25, 0.3) is 5.70 Å². The summed E-state index contributed by atoms with van der Waals surface area (Å²) in [5.41, 5.74) is 8.97. The van der Waals surface area contributed by atoms with E-state index < -0.39 is 0 Å². The van der Waals surface area contributed by atoms with Crippen molar-refractivity contribution in [2.75, 3.05) is 0 Å². The van der Waals surface area contributed by atoms with E-state index in [-0.39, 0.29) is 5.41 Å². The minimum absolute atomic E-state index is 0.192. The van der Waals surface area contributed by atoms with E-state index in [2.05, 4.69) is 45.5 Å². The highest BCUT2D eigenvalue weighted by Gasteiger charge is 2.12. The van der Waals surface area contributed by atoms with Gasteiger partial charge in [-0.05, 0) is 21.9 Å². The molecule has 0 radical (unpaired) electrons. The molecule has 2 heteroatoms. The van der Waals surface area contributed by atoms with Gasteiger partial charge in [0.25, 0.3) is 0 Å². The lowest BCUT2D eigenvalue weighted by atomic mass is 9.86. The Kier molecular flexibility index (Phi) is 3.27. The Morgan fingerprint density at radius 2 is 1.71 bits per heavy atom. The van der Waals surface area contributed by atoms with Crippen LogP contribution >= 0.6 is 12.6 Å². The van der Waals surface area contributed by atoms with Crippen molar-refractivity contribution in [3.8, 4) is 0 Å². The van der Waals surface area contributed by atoms with Gasteiger partial charge < -0.3 is 5.73 Å². The second kappa shape index (κ2) is 4.09. The van der Waals surface area contributed by atoms with E-state index in [1.54, 1.807) is 5.41 Å². The van der Waals surface area contributed by atoms with Crippen molar-refractivity contribution < 1.29 is 0 Å². The summed E-state index contributed by atoms with van der Waals surface area (Å²) in [5, 5.41) is 1.62. The van der Waals surface area contributed by atoms with Gasteiger partial charge in [0.1, 0.15) is 0 Å². The molecule has 0 bridgehead atoms. The van der Waals surface area contributed by atoms with Gasteiger partial charge in [-0.15, -0.1) is 12.6 Å². The number of rotatable bonds is 1. The van der Waals surface area contributed by atoms with Crippen molar-refractivity contribution in [1.29, 1.82) is 0 Å². The van der Waals surface area contributed by atoms with Crippen LogP contribution in [0.5, 0.6) is 0 Å². The van der Waals surface area contributed by atoms with Crippen LogP contribution in [-0.4, -0.2) is 0 Å². The minimum atomic E-state index is 0.192. The van der Waals surface area contributed by atoms with Crippen molar-refractivity contribution in [1.82, 2.24) is 0 Å². The van der Waals surface area contributed by atoms with Crippen LogP contribution in [0.15, 0.2) is 29.7 Å². The zero-order valence-electron chi connectivity index (χ0n) is 8.91. The Bertz CT molecular complexity index is 330. The summed E-state index contributed by atoms with van der Waals surface area (Å²) < 4.78 is 0. The molecule has 1 rings (SSSR count). The lowest BCUT2D eigenvalue weighted by Gasteiger charge is -2.19. The third-order valence-corrected chi connectivity index (χ3v) is 2.50. The molecule has 0 amide bonds. The lowest BCUT2D eigenvalue weighted by Crippen LogP contribution is -2.10. The largest absolute Gasteiger partial charge is 0.398 e. The first-order valence-corrected chi connectivity index (χ1v) is 5.17. The highest BCUT2D eigenvalue weighted by Crippen LogP contribution is 2.23. The molecule has 0 saturated carbocycles. The van der Waals surface area contributed by atoms with E-state index in [1.165, 1.54) is 5.56 Å². The van der Waals surface area contributed by atoms with E-state index in [1.807, 2.05) is 12.1 Å². The number of benzene rings is 1. The maximum Gasteiger partial charge on any atom is 0.0449 e. The number of thiol groups is 1. The molecule has 0 fully saturated rings. The van der Waals surface area contributed by atoms with Gasteiger partial charge in [0.2, 0.25) is 0 Å². The summed E-state index contributed by atoms with van der Waals surface area (Å²) in [5.74, 6) is 0. The monoisotopic (exact) mass is 207 g/mol. The quantitative estimate of drug-likeness (QED) is 0.680. The molecule has 0 saturated heterocycles. The lowest BCUT2D eigenvalue weighted by molar-refractivity contribution is 0.590. The highest BCUT2D eigenvalue weighted by molar-refractivity contribution is 7.83. The average molecular weight is 207 g/mol. The molecule has 1 aromatic rings. The van der Waals surface area contributed by atoms with E-state index in [0.717, 1.165) is 5.56 Å². The highest BCUT2D eigenvalue weighted by atomic mass is 32.1. The summed E-state index contributed by atoms with van der Waals surface area (Å²) in [4.78, 5) is 0. The first kappa shape index (κ1) is 11.2. The van der Waals surface area contributed by atoms with Crippen LogP contribution < -0.4 is 5.73 Å². The number of hydrogen-bond donors (Lipinski definition) is 2. The molecule has 0 unspecified atom stereocenters. The van der Waals surface area contributed by atoms with E-state index >= 15 is 0 Å². The molecule has 0 aliphatic carbocycles. The minimum Gasteiger partial charge on any atom is -0.398 e. The molecule has 1 nitrogen and oxygen atoms in total. The van der Waals surface area contributed by atoms with Gasteiger partial charge in [0.05, 0.1) is 0 Å². The fourth-order valence-electron chi connectivity index (χ4n) is 1.24. The Hall–Kier alpha value is -0.890. The van der Waals surface area contributed by atoms with Crippen molar-refractivity contribution >= 4 is 18.3 Å². The topological polar surface area (TPSA) is 26.0 Å². The smallest absolute Gasteiger partial charge is 0.0449 e. The first-order valence-electron chi connectivity index (χ1n) is 4.66. The molecule has 0 aliphatic rings. The van der Waals surface area contributed by atoms with Crippen LogP contribution in [0.4, 0.5) is 0 Å². The fourth-order valence-corrected chi connectivity index (χ4v) is 1.39. The molecule has 14 heavy (non-hydrogen) atoms. The first-order chi connectivity index (χ1) is 6.45. The average Bonchev–Trinajstić information content (AvgIpc) is 2.15. The normalized spacial score (nSPS) is 13.0. The third-order valence-electron chi connectivity index (χ3n) is 2.22. The summed E-state index contributed by atoms with van der Waals surface area (Å²) in [6, 6.07) is 8.28. The number of nitrogens with two attached hydrogens (primary N) is 1. The van der Waals surface area contributed by atoms with Crippen LogP contribution in [0.2, 0.25) is 0 Å². The Balaban J connectivity index is 3.01. The molecule has 0 aromatic heterocycles. The second-order valence-electron chi connectivity index (χ2n) is 4.41. The van der Waals surface area contributed by atoms with Crippen LogP contribution in [0.3, 0.4) is 0 Å².